The molecular weight excluding hydrogens is 326 g/mol. The Labute approximate surface area is 118 Å². The van der Waals surface area contributed by atoms with Crippen LogP contribution >= 0.6 is 0 Å². The number of nitro benzene ring substituents is 1. The second-order valence-corrected chi connectivity index (χ2v) is 6.85. The lowest BCUT2D eigenvalue weighted by Crippen LogP contribution is -2.02. The Morgan fingerprint density at radius 3 is 2.05 bits per heavy atom. The summed E-state index contributed by atoms with van der Waals surface area (Å²) in [6.45, 7) is 0. The van der Waals surface area contributed by atoms with Gasteiger partial charge in [-0.25, -0.2) is 0 Å². The minimum atomic E-state index is -4.75. The highest BCUT2D eigenvalue weighted by Crippen LogP contribution is 2.30. The summed E-state index contributed by atoms with van der Waals surface area (Å²) in [5.41, 5.74) is -0.650. The van der Waals surface area contributed by atoms with Crippen LogP contribution in [0.1, 0.15) is 0 Å². The van der Waals surface area contributed by atoms with Crippen molar-refractivity contribution >= 4 is 36.7 Å². The SMILES string of the molecule is O=[N+]([O-])c1cc(S(=O)(=O)O)c2ccc(S(=O)(=O)O)cc2c1. The molecule has 11 heteroatoms. The van der Waals surface area contributed by atoms with Crippen LogP contribution in [0.2, 0.25) is 0 Å². The van der Waals surface area contributed by atoms with Crippen molar-refractivity contribution in [2.45, 2.75) is 9.79 Å². The van der Waals surface area contributed by atoms with Crippen LogP contribution < -0.4 is 0 Å². The molecule has 112 valence electrons. The van der Waals surface area contributed by atoms with Crippen LogP contribution in [-0.2, 0) is 20.2 Å². The summed E-state index contributed by atoms with van der Waals surface area (Å²) in [7, 11) is -9.31. The van der Waals surface area contributed by atoms with Gasteiger partial charge in [0.25, 0.3) is 25.9 Å². The number of fused-ring (bicyclic) bond motifs is 1. The highest BCUT2D eigenvalue weighted by molar-refractivity contribution is 7.86. The molecule has 2 aromatic carbocycles. The van der Waals surface area contributed by atoms with E-state index in [0.717, 1.165) is 24.3 Å². The van der Waals surface area contributed by atoms with E-state index in [1.54, 1.807) is 0 Å². The molecule has 0 aromatic heterocycles. The summed E-state index contributed by atoms with van der Waals surface area (Å²) in [5, 5.41) is 10.5. The van der Waals surface area contributed by atoms with Crippen LogP contribution in [-0.4, -0.2) is 30.9 Å². The number of hydrogen-bond donors (Lipinski definition) is 2. The number of nitro groups is 1. The predicted molar refractivity (Wildman–Crippen MR) is 70.2 cm³/mol. The zero-order valence-corrected chi connectivity index (χ0v) is 11.6. The minimum absolute atomic E-state index is 0.115. The van der Waals surface area contributed by atoms with Crippen molar-refractivity contribution < 1.29 is 30.9 Å². The third-order valence-corrected chi connectivity index (χ3v) is 4.40. The van der Waals surface area contributed by atoms with Crippen molar-refractivity contribution in [2.75, 3.05) is 0 Å². The lowest BCUT2D eigenvalue weighted by atomic mass is 10.1. The second-order valence-electron chi connectivity index (χ2n) is 4.03. The van der Waals surface area contributed by atoms with Crippen LogP contribution in [0.4, 0.5) is 5.69 Å². The molecule has 0 bridgehead atoms. The summed E-state index contributed by atoms with van der Waals surface area (Å²) in [4.78, 5) is 8.59. The summed E-state index contributed by atoms with van der Waals surface area (Å²) in [6, 6.07) is 4.39. The fourth-order valence-corrected chi connectivity index (χ4v) is 3.03. The smallest absolute Gasteiger partial charge is 0.282 e. The van der Waals surface area contributed by atoms with Crippen molar-refractivity contribution in [1.29, 1.82) is 0 Å². The first-order valence-electron chi connectivity index (χ1n) is 5.17. The van der Waals surface area contributed by atoms with Gasteiger partial charge in [0.05, 0.1) is 9.82 Å². The normalized spacial score (nSPS) is 12.5. The zero-order valence-electron chi connectivity index (χ0n) is 9.99. The molecule has 0 saturated heterocycles. The molecule has 0 aliphatic heterocycles. The average Bonchev–Trinajstić information content (AvgIpc) is 2.34. The van der Waals surface area contributed by atoms with Crippen molar-refractivity contribution in [3.8, 4) is 0 Å². The third-order valence-electron chi connectivity index (χ3n) is 2.66. The maximum Gasteiger partial charge on any atom is 0.295 e. The van der Waals surface area contributed by atoms with Crippen molar-refractivity contribution in [3.05, 3.63) is 40.4 Å². The number of rotatable bonds is 3. The fourth-order valence-electron chi connectivity index (χ4n) is 1.78. The molecule has 0 unspecified atom stereocenters. The van der Waals surface area contributed by atoms with Crippen molar-refractivity contribution in [1.82, 2.24) is 0 Å². The van der Waals surface area contributed by atoms with Crippen molar-refractivity contribution in [2.24, 2.45) is 0 Å². The zero-order chi connectivity index (χ0) is 16.0. The topological polar surface area (TPSA) is 152 Å². The van der Waals surface area contributed by atoms with Gasteiger partial charge in [-0.2, -0.15) is 16.8 Å². The molecule has 0 amide bonds. The lowest BCUT2D eigenvalue weighted by molar-refractivity contribution is -0.384. The molecule has 2 aromatic rings. The Kier molecular flexibility index (Phi) is 3.45. The van der Waals surface area contributed by atoms with Crippen LogP contribution in [0, 0.1) is 10.1 Å². The Balaban J connectivity index is 2.95. The van der Waals surface area contributed by atoms with E-state index in [1.165, 1.54) is 0 Å². The van der Waals surface area contributed by atoms with Crippen LogP contribution in [0.3, 0.4) is 0 Å². The van der Waals surface area contributed by atoms with Gasteiger partial charge in [0, 0.05) is 17.5 Å². The Bertz CT molecular complexity index is 962. The highest BCUT2D eigenvalue weighted by atomic mass is 32.2. The predicted octanol–water partition coefficient (Wildman–Crippen LogP) is 1.24. The van der Waals surface area contributed by atoms with E-state index < -0.39 is 40.6 Å². The van der Waals surface area contributed by atoms with Gasteiger partial charge >= 0.3 is 0 Å². The molecule has 0 heterocycles. The quantitative estimate of drug-likeness (QED) is 0.483. The summed E-state index contributed by atoms with van der Waals surface area (Å²) in [6.07, 6.45) is 0. The highest BCUT2D eigenvalue weighted by Gasteiger charge is 2.21. The molecule has 0 aliphatic rings. The van der Waals surface area contributed by atoms with E-state index in [0.29, 0.717) is 6.07 Å². The third kappa shape index (κ3) is 3.00. The Morgan fingerprint density at radius 2 is 1.57 bits per heavy atom. The van der Waals surface area contributed by atoms with Gasteiger partial charge in [0.1, 0.15) is 4.90 Å². The van der Waals surface area contributed by atoms with E-state index >= 15 is 0 Å². The van der Waals surface area contributed by atoms with Gasteiger partial charge in [-0.1, -0.05) is 6.07 Å². The maximum absolute atomic E-state index is 11.3. The summed E-state index contributed by atoms with van der Waals surface area (Å²) in [5.74, 6) is 0. The largest absolute Gasteiger partial charge is 0.295 e. The lowest BCUT2D eigenvalue weighted by Gasteiger charge is -2.06. The van der Waals surface area contributed by atoms with Gasteiger partial charge in [-0.3, -0.25) is 19.2 Å². The van der Waals surface area contributed by atoms with Gasteiger partial charge in [0.15, 0.2) is 0 Å². The van der Waals surface area contributed by atoms with Crippen molar-refractivity contribution in [3.63, 3.8) is 0 Å². The van der Waals surface area contributed by atoms with Crippen LogP contribution in [0.5, 0.6) is 0 Å². The number of non-ortho nitro benzene ring substituents is 1. The van der Waals surface area contributed by atoms with E-state index in [9.17, 15) is 26.9 Å². The first kappa shape index (κ1) is 15.3. The Hall–Kier alpha value is -2.08. The van der Waals surface area contributed by atoms with Gasteiger partial charge < -0.3 is 0 Å². The van der Waals surface area contributed by atoms with Gasteiger partial charge in [-0.05, 0) is 17.5 Å². The number of nitrogens with zero attached hydrogens (tertiary/aromatic N) is 1. The number of benzene rings is 2. The Morgan fingerprint density at radius 1 is 0.952 bits per heavy atom. The molecule has 9 nitrogen and oxygen atoms in total. The van der Waals surface area contributed by atoms with E-state index in [1.807, 2.05) is 0 Å². The second kappa shape index (κ2) is 4.73. The van der Waals surface area contributed by atoms with E-state index in [4.69, 9.17) is 9.11 Å². The monoisotopic (exact) mass is 333 g/mol. The molecule has 2 rings (SSSR count). The average molecular weight is 333 g/mol. The molecule has 0 saturated carbocycles. The molecule has 21 heavy (non-hydrogen) atoms. The first-order valence-corrected chi connectivity index (χ1v) is 8.05. The molecule has 0 aliphatic carbocycles. The first-order chi connectivity index (χ1) is 9.50. The molecule has 0 radical (unpaired) electrons. The molecule has 0 spiro atoms. The van der Waals surface area contributed by atoms with Gasteiger partial charge in [-0.15, -0.1) is 0 Å². The number of hydrogen-bond acceptors (Lipinski definition) is 6. The van der Waals surface area contributed by atoms with Crippen LogP contribution in [0.15, 0.2) is 40.1 Å². The molecular formula is C10H7NO8S2. The molecule has 2 N–H and O–H groups in total. The minimum Gasteiger partial charge on any atom is -0.282 e. The maximum atomic E-state index is 11.3. The summed E-state index contributed by atoms with van der Waals surface area (Å²) >= 11 is 0. The fraction of sp³-hybridized carbons (Fsp3) is 0. The van der Waals surface area contributed by atoms with E-state index in [2.05, 4.69) is 0 Å². The van der Waals surface area contributed by atoms with E-state index in [-0.39, 0.29) is 10.8 Å². The van der Waals surface area contributed by atoms with Crippen LogP contribution in [0.25, 0.3) is 10.8 Å². The standard InChI is InChI=1S/C10H7NO8S2/c12-11(13)7-3-6-4-8(20(14,15)16)1-2-9(6)10(5-7)21(17,18)19/h1-5H,(H,14,15,16)(H,17,18,19). The molecule has 0 atom stereocenters. The summed E-state index contributed by atoms with van der Waals surface area (Å²) < 4.78 is 62.6. The van der Waals surface area contributed by atoms with Gasteiger partial charge in [0.2, 0.25) is 0 Å². The molecule has 0 fully saturated rings.